The molecule has 0 saturated carbocycles. The van der Waals surface area contributed by atoms with Crippen molar-refractivity contribution in [1.82, 2.24) is 5.32 Å². The number of nitrogens with zero attached hydrogens (tertiary/aromatic N) is 1. The molecule has 0 spiro atoms. The molecule has 96 valence electrons. The number of thiophene rings is 1. The molecule has 0 aromatic carbocycles. The Balaban J connectivity index is 2.17. The molecule has 0 aliphatic carbocycles. The normalized spacial score (nSPS) is 22.8. The highest BCUT2D eigenvalue weighted by Gasteiger charge is 2.30. The van der Waals surface area contributed by atoms with Crippen LogP contribution in [0.15, 0.2) is 0 Å². The summed E-state index contributed by atoms with van der Waals surface area (Å²) in [6, 6.07) is 2.17. The summed E-state index contributed by atoms with van der Waals surface area (Å²) in [7, 11) is 0. The molecule has 1 aromatic rings. The van der Waals surface area contributed by atoms with E-state index in [1.54, 1.807) is 0 Å². The van der Waals surface area contributed by atoms with Crippen LogP contribution in [0.3, 0.4) is 0 Å². The van der Waals surface area contributed by atoms with Gasteiger partial charge in [0.2, 0.25) is 5.91 Å². The van der Waals surface area contributed by atoms with Crippen LogP contribution >= 0.6 is 11.3 Å². The van der Waals surface area contributed by atoms with Gasteiger partial charge in [-0.05, 0) is 31.9 Å². The Morgan fingerprint density at radius 1 is 1.50 bits per heavy atom. The number of rotatable bonds is 2. The van der Waals surface area contributed by atoms with Crippen LogP contribution in [0.4, 0.5) is 5.00 Å². The molecule has 0 radical (unpaired) electrons. The number of nitrogens with one attached hydrogen (secondary N) is 2. The van der Waals surface area contributed by atoms with Gasteiger partial charge in [0.1, 0.15) is 11.1 Å². The van der Waals surface area contributed by atoms with E-state index < -0.39 is 0 Å². The third-order valence-electron chi connectivity index (χ3n) is 3.59. The van der Waals surface area contributed by atoms with Gasteiger partial charge in [-0.1, -0.05) is 6.92 Å². The fourth-order valence-electron chi connectivity index (χ4n) is 2.22. The van der Waals surface area contributed by atoms with E-state index in [4.69, 9.17) is 5.26 Å². The van der Waals surface area contributed by atoms with Gasteiger partial charge < -0.3 is 10.6 Å². The zero-order valence-corrected chi connectivity index (χ0v) is 11.6. The summed E-state index contributed by atoms with van der Waals surface area (Å²) < 4.78 is 0. The lowest BCUT2D eigenvalue weighted by molar-refractivity contribution is -0.120. The van der Waals surface area contributed by atoms with Gasteiger partial charge in [-0.15, -0.1) is 11.3 Å². The first-order valence-electron chi connectivity index (χ1n) is 6.06. The van der Waals surface area contributed by atoms with Crippen molar-refractivity contribution in [1.29, 1.82) is 5.26 Å². The molecular formula is C13H17N3OS. The first-order valence-corrected chi connectivity index (χ1v) is 6.88. The zero-order valence-electron chi connectivity index (χ0n) is 10.8. The maximum absolute atomic E-state index is 12.2. The Hall–Kier alpha value is -1.38. The molecule has 1 aliphatic heterocycles. The Bertz CT molecular complexity index is 515. The number of amides is 1. The fraction of sp³-hybridized carbons (Fsp3) is 0.538. The second-order valence-corrected chi connectivity index (χ2v) is 6.06. The summed E-state index contributed by atoms with van der Waals surface area (Å²) in [5, 5.41) is 16.0. The summed E-state index contributed by atoms with van der Waals surface area (Å²) in [4.78, 5) is 13.2. The number of hydrogen-bond acceptors (Lipinski definition) is 4. The van der Waals surface area contributed by atoms with E-state index in [9.17, 15) is 4.79 Å². The maximum Gasteiger partial charge on any atom is 0.229 e. The molecular weight excluding hydrogens is 246 g/mol. The molecule has 5 heteroatoms. The van der Waals surface area contributed by atoms with Crippen LogP contribution in [-0.4, -0.2) is 19.0 Å². The van der Waals surface area contributed by atoms with Gasteiger partial charge in [0.05, 0.1) is 11.5 Å². The molecule has 2 rings (SSSR count). The molecule has 2 atom stereocenters. The highest BCUT2D eigenvalue weighted by Crippen LogP contribution is 2.32. The predicted octanol–water partition coefficient (Wildman–Crippen LogP) is 2.03. The van der Waals surface area contributed by atoms with Crippen LogP contribution in [0.1, 0.15) is 22.9 Å². The van der Waals surface area contributed by atoms with Gasteiger partial charge in [0.15, 0.2) is 0 Å². The quantitative estimate of drug-likeness (QED) is 0.858. The van der Waals surface area contributed by atoms with Crippen molar-refractivity contribution in [3.8, 4) is 6.07 Å². The first kappa shape index (κ1) is 13.1. The minimum atomic E-state index is -0.000690. The third kappa shape index (κ3) is 2.26. The number of nitriles is 1. The molecule has 4 nitrogen and oxygen atoms in total. The van der Waals surface area contributed by atoms with Gasteiger partial charge in [-0.25, -0.2) is 0 Å². The summed E-state index contributed by atoms with van der Waals surface area (Å²) >= 11 is 1.48. The van der Waals surface area contributed by atoms with Crippen molar-refractivity contribution in [2.75, 3.05) is 18.4 Å². The van der Waals surface area contributed by atoms with Crippen molar-refractivity contribution >= 4 is 22.2 Å². The van der Waals surface area contributed by atoms with E-state index in [0.717, 1.165) is 23.5 Å². The third-order valence-corrected chi connectivity index (χ3v) is 4.71. The highest BCUT2D eigenvalue weighted by atomic mass is 32.1. The monoisotopic (exact) mass is 263 g/mol. The van der Waals surface area contributed by atoms with Crippen molar-refractivity contribution in [3.63, 3.8) is 0 Å². The Labute approximate surface area is 111 Å². The summed E-state index contributed by atoms with van der Waals surface area (Å²) in [5.41, 5.74) is 1.57. The van der Waals surface area contributed by atoms with Gasteiger partial charge >= 0.3 is 0 Å². The molecule has 1 amide bonds. The van der Waals surface area contributed by atoms with E-state index in [1.807, 2.05) is 13.8 Å². The molecule has 0 bridgehead atoms. The molecule has 2 heterocycles. The second kappa shape index (κ2) is 5.09. The van der Waals surface area contributed by atoms with E-state index in [1.165, 1.54) is 11.3 Å². The second-order valence-electron chi connectivity index (χ2n) is 4.83. The van der Waals surface area contributed by atoms with Crippen LogP contribution in [0, 0.1) is 37.0 Å². The van der Waals surface area contributed by atoms with E-state index >= 15 is 0 Å². The van der Waals surface area contributed by atoms with Crippen LogP contribution in [0.5, 0.6) is 0 Å². The largest absolute Gasteiger partial charge is 0.316 e. The number of aryl methyl sites for hydroxylation is 1. The van der Waals surface area contributed by atoms with Gasteiger partial charge in [0.25, 0.3) is 0 Å². The molecule has 1 aliphatic rings. The first-order chi connectivity index (χ1) is 8.54. The molecule has 0 unspecified atom stereocenters. The van der Waals surface area contributed by atoms with Gasteiger partial charge in [0, 0.05) is 11.4 Å². The summed E-state index contributed by atoms with van der Waals surface area (Å²) in [6.07, 6.45) is 0. The summed E-state index contributed by atoms with van der Waals surface area (Å²) in [6.45, 7) is 7.56. The van der Waals surface area contributed by atoms with E-state index in [0.29, 0.717) is 16.5 Å². The Morgan fingerprint density at radius 3 is 2.78 bits per heavy atom. The fourth-order valence-corrected chi connectivity index (χ4v) is 3.23. The number of carbonyl (C=O) groups excluding carboxylic acids is 1. The Morgan fingerprint density at radius 2 is 2.22 bits per heavy atom. The number of hydrogen-bond donors (Lipinski definition) is 2. The minimum absolute atomic E-state index is 0.000690. The molecule has 1 aromatic heterocycles. The van der Waals surface area contributed by atoms with Crippen molar-refractivity contribution in [2.24, 2.45) is 11.8 Å². The molecule has 18 heavy (non-hydrogen) atoms. The smallest absolute Gasteiger partial charge is 0.229 e. The van der Waals surface area contributed by atoms with Crippen LogP contribution in [0.25, 0.3) is 0 Å². The van der Waals surface area contributed by atoms with Crippen LogP contribution in [0.2, 0.25) is 0 Å². The standard InChI is InChI=1S/C13H17N3OS/c1-7-5-15-6-11(7)12(17)16-13-10(4-14)8(2)9(3)18-13/h7,11,15H,5-6H2,1-3H3,(H,16,17)/t7-,11-/m1/s1. The van der Waals surface area contributed by atoms with Gasteiger partial charge in [-0.2, -0.15) is 5.26 Å². The molecule has 1 saturated heterocycles. The molecule has 2 N–H and O–H groups in total. The number of carbonyl (C=O) groups is 1. The average Bonchev–Trinajstić information content (AvgIpc) is 2.85. The average molecular weight is 263 g/mol. The lowest BCUT2D eigenvalue weighted by atomic mass is 9.97. The maximum atomic E-state index is 12.2. The highest BCUT2D eigenvalue weighted by molar-refractivity contribution is 7.16. The lowest BCUT2D eigenvalue weighted by Gasteiger charge is -2.13. The van der Waals surface area contributed by atoms with Crippen LogP contribution < -0.4 is 10.6 Å². The minimum Gasteiger partial charge on any atom is -0.316 e. The SMILES string of the molecule is Cc1sc(NC(=O)[C@@H]2CNC[C@H]2C)c(C#N)c1C. The number of anilines is 1. The van der Waals surface area contributed by atoms with Crippen molar-refractivity contribution in [2.45, 2.75) is 20.8 Å². The zero-order chi connectivity index (χ0) is 13.3. The topological polar surface area (TPSA) is 64.9 Å². The van der Waals surface area contributed by atoms with Crippen LogP contribution in [-0.2, 0) is 4.79 Å². The predicted molar refractivity (Wildman–Crippen MR) is 72.7 cm³/mol. The molecule has 1 fully saturated rings. The Kier molecular flexibility index (Phi) is 3.69. The summed E-state index contributed by atoms with van der Waals surface area (Å²) in [5.74, 6) is 0.363. The van der Waals surface area contributed by atoms with Gasteiger partial charge in [-0.3, -0.25) is 4.79 Å². The van der Waals surface area contributed by atoms with E-state index in [2.05, 4.69) is 23.6 Å². The van der Waals surface area contributed by atoms with Crippen molar-refractivity contribution < 1.29 is 4.79 Å². The van der Waals surface area contributed by atoms with Crippen molar-refractivity contribution in [3.05, 3.63) is 16.0 Å². The van der Waals surface area contributed by atoms with E-state index in [-0.39, 0.29) is 11.8 Å². The lowest BCUT2D eigenvalue weighted by Crippen LogP contribution is -2.27.